The van der Waals surface area contributed by atoms with Gasteiger partial charge >= 0.3 is 0 Å². The van der Waals surface area contributed by atoms with E-state index in [-0.39, 0.29) is 0 Å². The van der Waals surface area contributed by atoms with Gasteiger partial charge in [-0.1, -0.05) is 18.2 Å². The molecule has 0 N–H and O–H groups in total. The van der Waals surface area contributed by atoms with Crippen molar-refractivity contribution in [2.24, 2.45) is 0 Å². The van der Waals surface area contributed by atoms with Gasteiger partial charge in [-0.2, -0.15) is 0 Å². The molecule has 0 saturated heterocycles. The van der Waals surface area contributed by atoms with Crippen molar-refractivity contribution < 1.29 is 0 Å². The Bertz CT molecular complexity index is 383. The summed E-state index contributed by atoms with van der Waals surface area (Å²) in [7, 11) is 0. The third-order valence-corrected chi connectivity index (χ3v) is 4.33. The van der Waals surface area contributed by atoms with Gasteiger partial charge in [-0.25, -0.2) is 0 Å². The van der Waals surface area contributed by atoms with E-state index in [0.29, 0.717) is 0 Å². The molecule has 1 aliphatic heterocycles. The van der Waals surface area contributed by atoms with Gasteiger partial charge in [-0.05, 0) is 37.8 Å². The van der Waals surface area contributed by atoms with Crippen LogP contribution in [-0.2, 0) is 0 Å². The number of hydrogen-bond acceptors (Lipinski definition) is 2. The average molecular weight is 217 g/mol. The van der Waals surface area contributed by atoms with Gasteiger partial charge in [-0.3, -0.25) is 0 Å². The van der Waals surface area contributed by atoms with E-state index in [1.807, 2.05) is 11.8 Å². The number of rotatable bonds is 1. The fourth-order valence-corrected chi connectivity index (χ4v) is 3.62. The number of anilines is 1. The summed E-state index contributed by atoms with van der Waals surface area (Å²) in [6.45, 7) is 0. The van der Waals surface area contributed by atoms with Gasteiger partial charge in [0.1, 0.15) is 0 Å². The number of para-hydroxylation sites is 1. The van der Waals surface area contributed by atoms with Crippen LogP contribution in [0.25, 0.3) is 0 Å². The molecule has 2 heteroatoms. The Morgan fingerprint density at radius 3 is 2.67 bits per heavy atom. The zero-order chi connectivity index (χ0) is 10.1. The molecule has 2 aliphatic rings. The maximum absolute atomic E-state index is 2.49. The lowest BCUT2D eigenvalue weighted by Gasteiger charge is -2.23. The Balaban J connectivity index is 1.93. The predicted octanol–water partition coefficient (Wildman–Crippen LogP) is 3.98. The monoisotopic (exact) mass is 217 g/mol. The first kappa shape index (κ1) is 9.34. The van der Waals surface area contributed by atoms with E-state index < -0.39 is 0 Å². The molecule has 0 saturated carbocycles. The van der Waals surface area contributed by atoms with Crippen molar-refractivity contribution in [1.82, 2.24) is 0 Å². The molecule has 0 unspecified atom stereocenters. The van der Waals surface area contributed by atoms with Crippen LogP contribution in [0.15, 0.2) is 40.9 Å². The molecule has 1 aliphatic carbocycles. The summed E-state index contributed by atoms with van der Waals surface area (Å²) in [6, 6.07) is 10.8. The number of nitrogens with zero attached hydrogens (tertiary/aromatic N) is 1. The van der Waals surface area contributed by atoms with E-state index in [2.05, 4.69) is 35.2 Å². The van der Waals surface area contributed by atoms with E-state index in [4.69, 9.17) is 0 Å². The summed E-state index contributed by atoms with van der Waals surface area (Å²) in [6.07, 6.45) is 5.33. The first-order chi connectivity index (χ1) is 7.45. The molecule has 1 heterocycles. The first-order valence-corrected chi connectivity index (χ1v) is 6.61. The van der Waals surface area contributed by atoms with Crippen molar-refractivity contribution in [2.75, 3.05) is 10.8 Å². The highest BCUT2D eigenvalue weighted by atomic mass is 32.2. The van der Waals surface area contributed by atoms with E-state index in [1.54, 1.807) is 10.6 Å². The minimum absolute atomic E-state index is 1.12. The minimum Gasteiger partial charge on any atom is -0.334 e. The molecular weight excluding hydrogens is 202 g/mol. The Hall–Kier alpha value is -0.890. The molecule has 0 amide bonds. The topological polar surface area (TPSA) is 3.24 Å². The minimum atomic E-state index is 1.12. The molecule has 0 atom stereocenters. The first-order valence-electron chi connectivity index (χ1n) is 5.62. The second-order valence-electron chi connectivity index (χ2n) is 4.11. The molecule has 15 heavy (non-hydrogen) atoms. The zero-order valence-electron chi connectivity index (χ0n) is 8.78. The third kappa shape index (κ3) is 1.67. The second kappa shape index (κ2) is 3.93. The Morgan fingerprint density at radius 1 is 1.00 bits per heavy atom. The Morgan fingerprint density at radius 2 is 1.80 bits per heavy atom. The molecule has 1 aromatic rings. The van der Waals surface area contributed by atoms with Gasteiger partial charge in [-0.15, -0.1) is 11.8 Å². The molecule has 0 spiro atoms. The lowest BCUT2D eigenvalue weighted by atomic mass is 10.0. The molecular formula is C13H15NS. The zero-order valence-corrected chi connectivity index (χ0v) is 9.59. The van der Waals surface area contributed by atoms with Gasteiger partial charge in [0.05, 0.1) is 5.88 Å². The summed E-state index contributed by atoms with van der Waals surface area (Å²) in [5.74, 6) is 1.12. The standard InChI is InChI=1S/C13H15NS/c1-2-6-11(7-3-1)14-10-15-13-9-5-4-8-12(13)14/h1-3,6-7H,4-5,8-10H2. The smallest absolute Gasteiger partial charge is 0.0729 e. The van der Waals surface area contributed by atoms with Crippen LogP contribution in [0.1, 0.15) is 25.7 Å². The highest BCUT2D eigenvalue weighted by Crippen LogP contribution is 2.42. The van der Waals surface area contributed by atoms with E-state index in [9.17, 15) is 0 Å². The molecule has 1 nitrogen and oxygen atoms in total. The van der Waals surface area contributed by atoms with Crippen molar-refractivity contribution in [1.29, 1.82) is 0 Å². The van der Waals surface area contributed by atoms with Crippen LogP contribution in [0.4, 0.5) is 5.69 Å². The van der Waals surface area contributed by atoms with Gasteiger partial charge in [0.2, 0.25) is 0 Å². The van der Waals surface area contributed by atoms with Crippen LogP contribution in [0.3, 0.4) is 0 Å². The van der Waals surface area contributed by atoms with Crippen molar-refractivity contribution in [2.45, 2.75) is 25.7 Å². The van der Waals surface area contributed by atoms with Crippen LogP contribution in [0, 0.1) is 0 Å². The normalized spacial score (nSPS) is 20.7. The molecule has 0 bridgehead atoms. The Labute approximate surface area is 95.2 Å². The second-order valence-corrected chi connectivity index (χ2v) is 5.15. The molecule has 0 aromatic heterocycles. The van der Waals surface area contributed by atoms with Gasteiger partial charge in [0, 0.05) is 16.3 Å². The molecule has 0 radical (unpaired) electrons. The summed E-state index contributed by atoms with van der Waals surface area (Å²) >= 11 is 2.03. The lowest BCUT2D eigenvalue weighted by Crippen LogP contribution is -2.18. The summed E-state index contributed by atoms with van der Waals surface area (Å²) < 4.78 is 0. The molecule has 1 aromatic carbocycles. The van der Waals surface area contributed by atoms with Crippen LogP contribution in [-0.4, -0.2) is 5.88 Å². The quantitative estimate of drug-likeness (QED) is 0.700. The van der Waals surface area contributed by atoms with Crippen molar-refractivity contribution in [3.63, 3.8) is 0 Å². The lowest BCUT2D eigenvalue weighted by molar-refractivity contribution is 0.684. The maximum Gasteiger partial charge on any atom is 0.0729 e. The van der Waals surface area contributed by atoms with Crippen molar-refractivity contribution in [3.05, 3.63) is 40.9 Å². The predicted molar refractivity (Wildman–Crippen MR) is 66.9 cm³/mol. The van der Waals surface area contributed by atoms with E-state index in [0.717, 1.165) is 5.88 Å². The summed E-state index contributed by atoms with van der Waals surface area (Å²) in [4.78, 5) is 4.13. The van der Waals surface area contributed by atoms with E-state index >= 15 is 0 Å². The highest BCUT2D eigenvalue weighted by Gasteiger charge is 2.25. The average Bonchev–Trinajstić information content (AvgIpc) is 2.74. The number of benzene rings is 1. The van der Waals surface area contributed by atoms with Gasteiger partial charge < -0.3 is 4.90 Å². The highest BCUT2D eigenvalue weighted by molar-refractivity contribution is 8.03. The fourth-order valence-electron chi connectivity index (χ4n) is 2.36. The van der Waals surface area contributed by atoms with Crippen molar-refractivity contribution in [3.8, 4) is 0 Å². The van der Waals surface area contributed by atoms with Gasteiger partial charge in [0.25, 0.3) is 0 Å². The number of hydrogen-bond donors (Lipinski definition) is 0. The number of thioether (sulfide) groups is 1. The largest absolute Gasteiger partial charge is 0.334 e. The van der Waals surface area contributed by atoms with Gasteiger partial charge in [0.15, 0.2) is 0 Å². The van der Waals surface area contributed by atoms with Crippen LogP contribution in [0.2, 0.25) is 0 Å². The van der Waals surface area contributed by atoms with Crippen molar-refractivity contribution >= 4 is 17.4 Å². The fraction of sp³-hybridized carbons (Fsp3) is 0.385. The summed E-state index contributed by atoms with van der Waals surface area (Å²) in [5, 5.41) is 0. The maximum atomic E-state index is 2.49. The van der Waals surface area contributed by atoms with E-state index in [1.165, 1.54) is 31.4 Å². The van der Waals surface area contributed by atoms with Crippen LogP contribution in [0.5, 0.6) is 0 Å². The SMILES string of the molecule is c1ccc(N2CSC3=C2CCCC3)cc1. The third-order valence-electron chi connectivity index (χ3n) is 3.15. The molecule has 78 valence electrons. The number of allylic oxidation sites excluding steroid dienone is 2. The molecule has 3 rings (SSSR count). The molecule has 0 fully saturated rings. The Kier molecular flexibility index (Phi) is 2.45. The van der Waals surface area contributed by atoms with Crippen LogP contribution >= 0.6 is 11.8 Å². The summed E-state index contributed by atoms with van der Waals surface area (Å²) in [5.41, 5.74) is 2.95. The van der Waals surface area contributed by atoms with Crippen LogP contribution < -0.4 is 4.90 Å².